The predicted molar refractivity (Wildman–Crippen MR) is 126 cm³/mol. The molecule has 12 heteroatoms. The predicted octanol–water partition coefficient (Wildman–Crippen LogP) is -0.780. The Morgan fingerprint density at radius 1 is 0.857 bits per heavy atom. The summed E-state index contributed by atoms with van der Waals surface area (Å²) >= 11 is 0. The van der Waals surface area contributed by atoms with Crippen LogP contribution in [0, 0.1) is 5.92 Å². The molecule has 5 atom stereocenters. The van der Waals surface area contributed by atoms with Crippen molar-refractivity contribution in [2.45, 2.75) is 57.5 Å². The summed E-state index contributed by atoms with van der Waals surface area (Å²) in [6.45, 7) is 4.17. The van der Waals surface area contributed by atoms with Gasteiger partial charge in [-0.2, -0.15) is 0 Å². The summed E-state index contributed by atoms with van der Waals surface area (Å²) in [6, 6.07) is 2.78. The molecule has 192 valence electrons. The molecule has 12 nitrogen and oxygen atoms in total. The van der Waals surface area contributed by atoms with Crippen molar-refractivity contribution in [1.82, 2.24) is 4.98 Å². The number of esters is 4. The molecule has 0 saturated carbocycles. The minimum atomic E-state index is -1.43. The van der Waals surface area contributed by atoms with Crippen LogP contribution in [0.2, 0.25) is 0 Å². The van der Waals surface area contributed by atoms with Gasteiger partial charge in [-0.05, 0) is 24.5 Å². The van der Waals surface area contributed by atoms with Gasteiger partial charge in [0.2, 0.25) is 0 Å². The zero-order valence-corrected chi connectivity index (χ0v) is 19.9. The molecule has 2 aromatic rings. The number of hydrogen-bond acceptors (Lipinski definition) is 11. The van der Waals surface area contributed by atoms with Crippen LogP contribution >= 0.6 is 0 Å². The smallest absolute Gasteiger partial charge is 0.334 e. The number of nitrogens with two attached hydrogens (primary N) is 4. The Bertz CT molecular complexity index is 1050. The van der Waals surface area contributed by atoms with Gasteiger partial charge in [0.15, 0.2) is 0 Å². The Morgan fingerprint density at radius 2 is 1.51 bits per heavy atom. The fourth-order valence-corrected chi connectivity index (χ4v) is 3.01. The van der Waals surface area contributed by atoms with Gasteiger partial charge < -0.3 is 42.1 Å². The minimum Gasteiger partial charge on any atom is -0.462 e. The second-order valence-corrected chi connectivity index (χ2v) is 8.58. The molecule has 0 spiro atoms. The molecule has 0 aliphatic rings. The Hall–Kier alpha value is -3.32. The first kappa shape index (κ1) is 27.9. The van der Waals surface area contributed by atoms with Crippen molar-refractivity contribution < 1.29 is 33.4 Å². The molecule has 0 saturated heterocycles. The summed E-state index contributed by atoms with van der Waals surface area (Å²) in [6.07, 6.45) is 0.909. The van der Waals surface area contributed by atoms with Crippen LogP contribution in [0.3, 0.4) is 0 Å². The third-order valence-corrected chi connectivity index (χ3v) is 5.40. The average molecular weight is 492 g/mol. The monoisotopic (exact) mass is 491 g/mol. The van der Waals surface area contributed by atoms with Crippen LogP contribution in [-0.4, -0.2) is 65.7 Å². The molecule has 0 unspecified atom stereocenters. The molecule has 35 heavy (non-hydrogen) atoms. The van der Waals surface area contributed by atoms with Gasteiger partial charge in [-0.25, -0.2) is 9.59 Å². The van der Waals surface area contributed by atoms with Gasteiger partial charge in [0, 0.05) is 23.5 Å². The van der Waals surface area contributed by atoms with E-state index in [1.165, 1.54) is 6.92 Å². The van der Waals surface area contributed by atoms with E-state index in [0.29, 0.717) is 0 Å². The number of aromatic amines is 1. The number of carbonyl (C=O) groups is 4. The highest BCUT2D eigenvalue weighted by Gasteiger charge is 2.30. The van der Waals surface area contributed by atoms with Crippen LogP contribution in [0.4, 0.5) is 0 Å². The highest BCUT2D eigenvalue weighted by molar-refractivity contribution is 5.91. The molecule has 2 rings (SSSR count). The lowest BCUT2D eigenvalue weighted by Crippen LogP contribution is -2.48. The van der Waals surface area contributed by atoms with Crippen molar-refractivity contribution in [1.29, 1.82) is 0 Å². The van der Waals surface area contributed by atoms with Crippen LogP contribution in [0.25, 0.3) is 10.9 Å². The molecular formula is C23H33N5O7. The number of aromatic nitrogens is 1. The lowest BCUT2D eigenvalue weighted by molar-refractivity contribution is -0.163. The van der Waals surface area contributed by atoms with Crippen molar-refractivity contribution >= 4 is 34.8 Å². The van der Waals surface area contributed by atoms with Crippen LogP contribution in [0.15, 0.2) is 30.5 Å². The number of rotatable bonds is 11. The van der Waals surface area contributed by atoms with E-state index in [9.17, 15) is 19.2 Å². The van der Waals surface area contributed by atoms with E-state index >= 15 is 0 Å². The van der Waals surface area contributed by atoms with Gasteiger partial charge >= 0.3 is 23.9 Å². The lowest BCUT2D eigenvalue weighted by atomic mass is 10.1. The molecule has 0 aliphatic carbocycles. The van der Waals surface area contributed by atoms with Crippen molar-refractivity contribution in [3.63, 3.8) is 0 Å². The first-order valence-corrected chi connectivity index (χ1v) is 11.1. The zero-order chi connectivity index (χ0) is 26.3. The van der Waals surface area contributed by atoms with E-state index < -0.39 is 60.8 Å². The van der Waals surface area contributed by atoms with E-state index in [1.807, 2.05) is 24.3 Å². The summed E-state index contributed by atoms with van der Waals surface area (Å²) in [5.74, 6) is -4.00. The van der Waals surface area contributed by atoms with E-state index in [0.717, 1.165) is 16.5 Å². The molecule has 0 radical (unpaired) electrons. The van der Waals surface area contributed by atoms with E-state index in [4.69, 9.17) is 32.4 Å². The number of fused-ring (bicyclic) bond motifs is 1. The Morgan fingerprint density at radius 3 is 2.17 bits per heavy atom. The van der Waals surface area contributed by atoms with Gasteiger partial charge in [-0.1, -0.05) is 32.0 Å². The second kappa shape index (κ2) is 12.4. The average Bonchev–Trinajstić information content (AvgIpc) is 3.23. The molecular weight excluding hydrogens is 458 g/mol. The summed E-state index contributed by atoms with van der Waals surface area (Å²) < 4.78 is 14.7. The molecule has 1 aromatic heterocycles. The molecule has 0 fully saturated rings. The van der Waals surface area contributed by atoms with Gasteiger partial charge in [0.25, 0.3) is 0 Å². The molecule has 0 aliphatic heterocycles. The normalized spacial score (nSPS) is 15.7. The Labute approximate surface area is 202 Å². The summed E-state index contributed by atoms with van der Waals surface area (Å²) in [7, 11) is 0. The Kier molecular flexibility index (Phi) is 9.89. The largest absolute Gasteiger partial charge is 0.462 e. The standard InChI is InChI=1S/C23H33N5O7/c1-11(2)18(26)23(32)35-21(30)16(25)10-33-22(31)19(27)12(3)34-20(29)15(24)8-13-9-28-17-7-5-4-6-14(13)17/h4-7,9,11-12,15-16,18-19,28H,8,10,24-27H2,1-3H3/t12-,15+,16+,18+,19+/m1/s1. The highest BCUT2D eigenvalue weighted by Crippen LogP contribution is 2.19. The van der Waals surface area contributed by atoms with Gasteiger partial charge in [-0.3, -0.25) is 9.59 Å². The van der Waals surface area contributed by atoms with Gasteiger partial charge in [-0.15, -0.1) is 0 Å². The van der Waals surface area contributed by atoms with Gasteiger partial charge in [0.05, 0.1) is 0 Å². The first-order valence-electron chi connectivity index (χ1n) is 11.1. The van der Waals surface area contributed by atoms with E-state index in [1.54, 1.807) is 20.0 Å². The summed E-state index contributed by atoms with van der Waals surface area (Å²) in [4.78, 5) is 51.4. The van der Waals surface area contributed by atoms with Crippen molar-refractivity contribution in [3.8, 4) is 0 Å². The second-order valence-electron chi connectivity index (χ2n) is 8.58. The topological polar surface area (TPSA) is 216 Å². The van der Waals surface area contributed by atoms with Crippen LogP contribution in [0.5, 0.6) is 0 Å². The lowest BCUT2D eigenvalue weighted by Gasteiger charge is -2.21. The zero-order valence-electron chi connectivity index (χ0n) is 19.9. The SMILES string of the molecule is CC(C)[C@H](N)C(=O)OC(=O)[C@@H](N)COC(=O)[C@@H](N)[C@@H](C)OC(=O)[C@@H](N)Cc1c[nH]c2ccccc12. The number of para-hydroxylation sites is 1. The number of hydrogen-bond donors (Lipinski definition) is 5. The quantitative estimate of drug-likeness (QED) is 0.149. The number of benzene rings is 1. The van der Waals surface area contributed by atoms with Crippen molar-refractivity contribution in [3.05, 3.63) is 36.0 Å². The maximum atomic E-state index is 12.4. The maximum absolute atomic E-state index is 12.4. The van der Waals surface area contributed by atoms with Gasteiger partial charge in [0.1, 0.15) is 36.9 Å². The minimum absolute atomic E-state index is 0.214. The number of nitrogens with one attached hydrogen (secondary N) is 1. The van der Waals surface area contributed by atoms with Crippen LogP contribution < -0.4 is 22.9 Å². The van der Waals surface area contributed by atoms with E-state index in [-0.39, 0.29) is 12.3 Å². The fourth-order valence-electron chi connectivity index (χ4n) is 3.01. The molecule has 1 aromatic carbocycles. The number of ether oxygens (including phenoxy) is 3. The van der Waals surface area contributed by atoms with Crippen molar-refractivity contribution in [2.24, 2.45) is 28.9 Å². The van der Waals surface area contributed by atoms with Crippen LogP contribution in [-0.2, 0) is 39.8 Å². The van der Waals surface area contributed by atoms with Crippen LogP contribution in [0.1, 0.15) is 26.3 Å². The first-order chi connectivity index (χ1) is 16.4. The third kappa shape index (κ3) is 7.59. The van der Waals surface area contributed by atoms with E-state index in [2.05, 4.69) is 9.72 Å². The maximum Gasteiger partial charge on any atom is 0.334 e. The number of carbonyl (C=O) groups excluding carboxylic acids is 4. The molecule has 9 N–H and O–H groups in total. The number of H-pyrrole nitrogens is 1. The Balaban J connectivity index is 1.81. The highest BCUT2D eigenvalue weighted by atomic mass is 16.6. The third-order valence-electron chi connectivity index (χ3n) is 5.40. The fraction of sp³-hybridized carbons (Fsp3) is 0.478. The molecule has 1 heterocycles. The molecule has 0 amide bonds. The summed E-state index contributed by atoms with van der Waals surface area (Å²) in [5, 5.41) is 0.937. The van der Waals surface area contributed by atoms with Crippen molar-refractivity contribution in [2.75, 3.05) is 6.61 Å². The molecule has 0 bridgehead atoms. The summed E-state index contributed by atoms with van der Waals surface area (Å²) in [5.41, 5.74) is 24.8.